The van der Waals surface area contributed by atoms with Gasteiger partial charge in [-0.15, -0.1) is 0 Å². The number of hydrogen-bond donors (Lipinski definition) is 1. The second kappa shape index (κ2) is 8.55. The summed E-state index contributed by atoms with van der Waals surface area (Å²) in [7, 11) is 0. The number of nitrogens with two attached hydrogens (primary N) is 1. The highest BCUT2D eigenvalue weighted by Crippen LogP contribution is 2.16. The fraction of sp³-hybridized carbons (Fsp3) is 0.125. The SMILES string of the molecule is N/C(Cc1ccc(Cl)cc1)=N\OC(=O)COc1ccc(Br)cc1. The third-order valence-corrected chi connectivity index (χ3v) is 3.51. The number of carbonyl (C=O) groups excluding carboxylic acids is 1. The van der Waals surface area contributed by atoms with Gasteiger partial charge in [-0.25, -0.2) is 4.79 Å². The molecule has 0 saturated heterocycles. The topological polar surface area (TPSA) is 73.9 Å². The number of benzene rings is 2. The predicted octanol–water partition coefficient (Wildman–Crippen LogP) is 3.54. The molecule has 0 saturated carbocycles. The fourth-order valence-corrected chi connectivity index (χ4v) is 2.04. The summed E-state index contributed by atoms with van der Waals surface area (Å²) in [6.07, 6.45) is 0.359. The van der Waals surface area contributed by atoms with Crippen molar-refractivity contribution in [2.45, 2.75) is 6.42 Å². The van der Waals surface area contributed by atoms with Crippen LogP contribution >= 0.6 is 27.5 Å². The van der Waals surface area contributed by atoms with Crippen molar-refractivity contribution in [3.05, 3.63) is 63.6 Å². The summed E-state index contributed by atoms with van der Waals surface area (Å²) in [5, 5.41) is 4.23. The Bertz CT molecular complexity index is 687. The van der Waals surface area contributed by atoms with Crippen LogP contribution in [0.25, 0.3) is 0 Å². The van der Waals surface area contributed by atoms with Gasteiger partial charge in [-0.05, 0) is 42.0 Å². The maximum Gasteiger partial charge on any atom is 0.372 e. The van der Waals surface area contributed by atoms with Crippen molar-refractivity contribution in [3.63, 3.8) is 0 Å². The minimum Gasteiger partial charge on any atom is -0.482 e. The number of amidine groups is 1. The van der Waals surface area contributed by atoms with Crippen molar-refractivity contribution in [1.29, 1.82) is 0 Å². The molecule has 0 radical (unpaired) electrons. The van der Waals surface area contributed by atoms with Gasteiger partial charge in [-0.1, -0.05) is 44.8 Å². The standard InChI is InChI=1S/C16H14BrClN2O3/c17-12-3-7-14(8-4-12)22-10-16(21)23-20-15(19)9-11-1-5-13(18)6-2-11/h1-8H,9-10H2,(H2,19,20). The molecule has 7 heteroatoms. The van der Waals surface area contributed by atoms with E-state index in [2.05, 4.69) is 21.1 Å². The lowest BCUT2D eigenvalue weighted by atomic mass is 10.1. The molecule has 5 nitrogen and oxygen atoms in total. The van der Waals surface area contributed by atoms with E-state index in [1.54, 1.807) is 24.3 Å². The first kappa shape index (κ1) is 17.3. The number of ether oxygens (including phenoxy) is 1. The van der Waals surface area contributed by atoms with Crippen LogP contribution in [0.5, 0.6) is 5.75 Å². The lowest BCUT2D eigenvalue weighted by Gasteiger charge is -2.04. The van der Waals surface area contributed by atoms with E-state index in [0.29, 0.717) is 17.2 Å². The maximum atomic E-state index is 11.5. The van der Waals surface area contributed by atoms with E-state index in [-0.39, 0.29) is 12.4 Å². The first-order valence-electron chi connectivity index (χ1n) is 6.68. The first-order chi connectivity index (χ1) is 11.0. The zero-order valence-corrected chi connectivity index (χ0v) is 14.4. The fourth-order valence-electron chi connectivity index (χ4n) is 1.65. The number of oxime groups is 1. The third kappa shape index (κ3) is 6.30. The van der Waals surface area contributed by atoms with Crippen LogP contribution in [0.2, 0.25) is 5.02 Å². The van der Waals surface area contributed by atoms with Crippen molar-refractivity contribution < 1.29 is 14.4 Å². The van der Waals surface area contributed by atoms with Crippen molar-refractivity contribution in [3.8, 4) is 5.75 Å². The first-order valence-corrected chi connectivity index (χ1v) is 7.85. The zero-order chi connectivity index (χ0) is 16.7. The van der Waals surface area contributed by atoms with E-state index in [9.17, 15) is 4.79 Å². The highest BCUT2D eigenvalue weighted by molar-refractivity contribution is 9.10. The molecule has 2 aromatic rings. The van der Waals surface area contributed by atoms with Crippen LogP contribution in [0.1, 0.15) is 5.56 Å². The molecule has 0 atom stereocenters. The van der Waals surface area contributed by atoms with E-state index in [1.165, 1.54) is 0 Å². The molecule has 0 spiro atoms. The average molecular weight is 398 g/mol. The molecular formula is C16H14BrClN2O3. The van der Waals surface area contributed by atoms with Gasteiger partial charge in [-0.2, -0.15) is 0 Å². The Morgan fingerprint density at radius 1 is 1.13 bits per heavy atom. The maximum absolute atomic E-state index is 11.5. The zero-order valence-electron chi connectivity index (χ0n) is 12.0. The van der Waals surface area contributed by atoms with E-state index in [0.717, 1.165) is 10.0 Å². The largest absolute Gasteiger partial charge is 0.482 e. The van der Waals surface area contributed by atoms with Gasteiger partial charge in [-0.3, -0.25) is 0 Å². The van der Waals surface area contributed by atoms with Crippen LogP contribution in [0.3, 0.4) is 0 Å². The molecule has 23 heavy (non-hydrogen) atoms. The summed E-state index contributed by atoms with van der Waals surface area (Å²) < 4.78 is 6.19. The van der Waals surface area contributed by atoms with Crippen molar-refractivity contribution in [2.75, 3.05) is 6.61 Å². The van der Waals surface area contributed by atoms with Gasteiger partial charge in [0.2, 0.25) is 0 Å². The molecule has 0 fully saturated rings. The quantitative estimate of drug-likeness (QED) is 0.350. The van der Waals surface area contributed by atoms with Gasteiger partial charge in [0.15, 0.2) is 6.61 Å². The Morgan fingerprint density at radius 2 is 1.78 bits per heavy atom. The Morgan fingerprint density at radius 3 is 2.43 bits per heavy atom. The molecule has 2 N–H and O–H groups in total. The molecule has 0 aliphatic carbocycles. The van der Waals surface area contributed by atoms with Crippen LogP contribution in [0, 0.1) is 0 Å². The molecule has 0 bridgehead atoms. The predicted molar refractivity (Wildman–Crippen MR) is 92.5 cm³/mol. The number of halogens is 2. The number of nitrogens with zero attached hydrogens (tertiary/aromatic N) is 1. The van der Waals surface area contributed by atoms with Crippen LogP contribution in [-0.4, -0.2) is 18.4 Å². The summed E-state index contributed by atoms with van der Waals surface area (Å²) in [4.78, 5) is 16.3. The number of hydrogen-bond acceptors (Lipinski definition) is 4. The van der Waals surface area contributed by atoms with Crippen molar-refractivity contribution >= 4 is 39.3 Å². The van der Waals surface area contributed by atoms with Crippen LogP contribution in [0.4, 0.5) is 0 Å². The monoisotopic (exact) mass is 396 g/mol. The normalized spacial score (nSPS) is 11.1. The van der Waals surface area contributed by atoms with Gasteiger partial charge in [0.25, 0.3) is 0 Å². The van der Waals surface area contributed by atoms with Crippen LogP contribution in [0.15, 0.2) is 58.2 Å². The Hall–Kier alpha value is -2.05. The summed E-state index contributed by atoms with van der Waals surface area (Å²) >= 11 is 9.11. The van der Waals surface area contributed by atoms with E-state index in [1.807, 2.05) is 24.3 Å². The highest BCUT2D eigenvalue weighted by atomic mass is 79.9. The minimum absolute atomic E-state index is 0.185. The second-order valence-corrected chi connectivity index (χ2v) is 5.94. The average Bonchev–Trinajstić information content (AvgIpc) is 2.54. The molecule has 2 rings (SSSR count). The Kier molecular flexibility index (Phi) is 6.43. The molecule has 120 valence electrons. The van der Waals surface area contributed by atoms with E-state index >= 15 is 0 Å². The van der Waals surface area contributed by atoms with E-state index < -0.39 is 5.97 Å². The lowest BCUT2D eigenvalue weighted by Crippen LogP contribution is -2.18. The number of rotatable bonds is 6. The van der Waals surface area contributed by atoms with Crippen LogP contribution < -0.4 is 10.5 Å². The van der Waals surface area contributed by atoms with Gasteiger partial charge >= 0.3 is 5.97 Å². The molecule has 0 aromatic heterocycles. The number of carbonyl (C=O) groups is 1. The third-order valence-electron chi connectivity index (χ3n) is 2.73. The molecule has 0 heterocycles. The molecule has 0 unspecified atom stereocenters. The summed E-state index contributed by atoms with van der Waals surface area (Å²) in [6.45, 7) is -0.251. The van der Waals surface area contributed by atoms with Gasteiger partial charge < -0.3 is 15.3 Å². The van der Waals surface area contributed by atoms with Crippen molar-refractivity contribution in [2.24, 2.45) is 10.9 Å². The smallest absolute Gasteiger partial charge is 0.372 e. The van der Waals surface area contributed by atoms with Gasteiger partial charge in [0.05, 0.1) is 0 Å². The summed E-state index contributed by atoms with van der Waals surface area (Å²) in [5.74, 6) is 0.111. The molecular weight excluding hydrogens is 384 g/mol. The van der Waals surface area contributed by atoms with Gasteiger partial charge in [0.1, 0.15) is 11.6 Å². The molecule has 0 aliphatic heterocycles. The van der Waals surface area contributed by atoms with Gasteiger partial charge in [0, 0.05) is 15.9 Å². The molecule has 0 amide bonds. The highest BCUT2D eigenvalue weighted by Gasteiger charge is 2.05. The lowest BCUT2D eigenvalue weighted by molar-refractivity contribution is -0.146. The Balaban J connectivity index is 1.78. The Labute approximate surface area is 147 Å². The van der Waals surface area contributed by atoms with E-state index in [4.69, 9.17) is 26.9 Å². The van der Waals surface area contributed by atoms with Crippen molar-refractivity contribution in [1.82, 2.24) is 0 Å². The second-order valence-electron chi connectivity index (χ2n) is 4.59. The summed E-state index contributed by atoms with van der Waals surface area (Å²) in [5.41, 5.74) is 6.62. The summed E-state index contributed by atoms with van der Waals surface area (Å²) in [6, 6.07) is 14.2. The van der Waals surface area contributed by atoms with Crippen LogP contribution in [-0.2, 0) is 16.1 Å². The molecule has 0 aliphatic rings. The minimum atomic E-state index is -0.632. The molecule has 2 aromatic carbocycles.